The molecule has 1 aliphatic rings. The van der Waals surface area contributed by atoms with E-state index >= 15 is 0 Å². The average molecular weight is 314 g/mol. The maximum atomic E-state index is 12.7. The van der Waals surface area contributed by atoms with E-state index in [0.717, 1.165) is 19.3 Å². The highest BCUT2D eigenvalue weighted by Gasteiger charge is 2.41. The number of hydrogen-bond donors (Lipinski definition) is 0. The Morgan fingerprint density at radius 2 is 2.05 bits per heavy atom. The van der Waals surface area contributed by atoms with Gasteiger partial charge in [-0.15, -0.1) is 0 Å². The molecule has 4 nitrogen and oxygen atoms in total. The molecule has 1 aliphatic heterocycles. The third-order valence-electron chi connectivity index (χ3n) is 3.57. The number of alkyl halides is 4. The molecule has 0 spiro atoms. The molecular weight excluding hydrogens is 292 g/mol. The molecule has 0 bridgehead atoms. The molecule has 0 saturated carbocycles. The van der Waals surface area contributed by atoms with Crippen LogP contribution in [0, 0.1) is 0 Å². The summed E-state index contributed by atoms with van der Waals surface area (Å²) in [7, 11) is 3.83. The fourth-order valence-corrected chi connectivity index (χ4v) is 2.20. The van der Waals surface area contributed by atoms with E-state index in [9.17, 15) is 22.4 Å². The molecule has 1 fully saturated rings. The molecule has 124 valence electrons. The SMILES string of the molecule is CN(C)[C@H]1CCCCN(C(=O)COCC(F)(F)C(F)F)C1. The van der Waals surface area contributed by atoms with Crippen LogP contribution in [0.5, 0.6) is 0 Å². The monoisotopic (exact) mass is 314 g/mol. The molecule has 0 aliphatic carbocycles. The van der Waals surface area contributed by atoms with E-state index in [0.29, 0.717) is 13.1 Å². The van der Waals surface area contributed by atoms with Crippen LogP contribution < -0.4 is 0 Å². The van der Waals surface area contributed by atoms with E-state index in [-0.39, 0.29) is 6.04 Å². The molecule has 1 amide bonds. The minimum Gasteiger partial charge on any atom is -0.365 e. The molecule has 1 atom stereocenters. The number of halogens is 4. The van der Waals surface area contributed by atoms with Crippen molar-refractivity contribution in [3.8, 4) is 0 Å². The van der Waals surface area contributed by atoms with Crippen LogP contribution in [0.4, 0.5) is 17.6 Å². The largest absolute Gasteiger partial charge is 0.365 e. The fraction of sp³-hybridized carbons (Fsp3) is 0.923. The Morgan fingerprint density at radius 1 is 1.38 bits per heavy atom. The van der Waals surface area contributed by atoms with Gasteiger partial charge in [-0.25, -0.2) is 8.78 Å². The molecular formula is C13H22F4N2O2. The van der Waals surface area contributed by atoms with E-state index in [1.165, 1.54) is 0 Å². The zero-order valence-corrected chi connectivity index (χ0v) is 12.3. The number of likely N-dealkylation sites (N-methyl/N-ethyl adjacent to an activating group) is 1. The summed E-state index contributed by atoms with van der Waals surface area (Å²) in [5.41, 5.74) is 0. The summed E-state index contributed by atoms with van der Waals surface area (Å²) in [6.07, 6.45) is -1.01. The number of likely N-dealkylation sites (tertiary alicyclic amines) is 1. The number of rotatable bonds is 6. The third-order valence-corrected chi connectivity index (χ3v) is 3.57. The highest BCUT2D eigenvalue weighted by atomic mass is 19.3. The van der Waals surface area contributed by atoms with Gasteiger partial charge in [0.25, 0.3) is 0 Å². The summed E-state index contributed by atoms with van der Waals surface area (Å²) in [6, 6.07) is 0.207. The predicted molar refractivity (Wildman–Crippen MR) is 69.7 cm³/mol. The van der Waals surface area contributed by atoms with Crippen LogP contribution in [0.15, 0.2) is 0 Å². The quantitative estimate of drug-likeness (QED) is 0.702. The van der Waals surface area contributed by atoms with Gasteiger partial charge in [-0.05, 0) is 26.9 Å². The fourth-order valence-electron chi connectivity index (χ4n) is 2.20. The molecule has 8 heteroatoms. The molecule has 0 aromatic carbocycles. The highest BCUT2D eigenvalue weighted by Crippen LogP contribution is 2.23. The molecule has 0 unspecified atom stereocenters. The lowest BCUT2D eigenvalue weighted by molar-refractivity contribution is -0.171. The maximum absolute atomic E-state index is 12.7. The van der Waals surface area contributed by atoms with Gasteiger partial charge in [0.05, 0.1) is 0 Å². The van der Waals surface area contributed by atoms with Crippen molar-refractivity contribution < 1.29 is 27.1 Å². The normalized spacial score (nSPS) is 21.0. The summed E-state index contributed by atoms with van der Waals surface area (Å²) in [5.74, 6) is -4.65. The van der Waals surface area contributed by atoms with Crippen LogP contribution in [-0.4, -0.2) is 74.5 Å². The summed E-state index contributed by atoms with van der Waals surface area (Å²) in [4.78, 5) is 15.5. The molecule has 21 heavy (non-hydrogen) atoms. The summed E-state index contributed by atoms with van der Waals surface area (Å²) >= 11 is 0. The third kappa shape index (κ3) is 5.78. The zero-order valence-electron chi connectivity index (χ0n) is 12.3. The topological polar surface area (TPSA) is 32.8 Å². The highest BCUT2D eigenvalue weighted by molar-refractivity contribution is 5.77. The van der Waals surface area contributed by atoms with E-state index < -0.39 is 31.5 Å². The standard InChI is InChI=1S/C13H22F4N2O2/c1-18(2)10-5-3-4-6-19(7-10)11(20)8-21-9-13(16,17)12(14)15/h10,12H,3-9H2,1-2H3/t10-/m0/s1. The number of carbonyl (C=O) groups excluding carboxylic acids is 1. The van der Waals surface area contributed by atoms with Gasteiger partial charge in [0.1, 0.15) is 13.2 Å². The molecule has 1 heterocycles. The Morgan fingerprint density at radius 3 is 2.62 bits per heavy atom. The number of hydrogen-bond acceptors (Lipinski definition) is 3. The Hall–Kier alpha value is -0.890. The summed E-state index contributed by atoms with van der Waals surface area (Å²) in [6.45, 7) is -0.998. The van der Waals surface area contributed by atoms with Gasteiger partial charge in [0.15, 0.2) is 0 Å². The minimum absolute atomic E-state index is 0.207. The second-order valence-corrected chi connectivity index (χ2v) is 5.51. The van der Waals surface area contributed by atoms with Crippen molar-refractivity contribution in [1.29, 1.82) is 0 Å². The van der Waals surface area contributed by atoms with Crippen LogP contribution in [0.3, 0.4) is 0 Å². The summed E-state index contributed by atoms with van der Waals surface area (Å²) in [5, 5.41) is 0. The van der Waals surface area contributed by atoms with Crippen LogP contribution in [0.2, 0.25) is 0 Å². The first-order valence-electron chi connectivity index (χ1n) is 6.92. The van der Waals surface area contributed by atoms with Crippen molar-refractivity contribution in [2.24, 2.45) is 0 Å². The second kappa shape index (κ2) is 7.93. The van der Waals surface area contributed by atoms with Gasteiger partial charge in [0.2, 0.25) is 5.91 Å². The second-order valence-electron chi connectivity index (χ2n) is 5.51. The lowest BCUT2D eigenvalue weighted by Gasteiger charge is -2.28. The lowest BCUT2D eigenvalue weighted by atomic mass is 10.1. The van der Waals surface area contributed by atoms with Crippen molar-refractivity contribution in [2.75, 3.05) is 40.4 Å². The van der Waals surface area contributed by atoms with E-state index in [1.807, 2.05) is 19.0 Å². The number of ether oxygens (including phenoxy) is 1. The first-order chi connectivity index (χ1) is 9.74. The van der Waals surface area contributed by atoms with E-state index in [1.54, 1.807) is 4.90 Å². The van der Waals surface area contributed by atoms with Crippen LogP contribution in [0.25, 0.3) is 0 Å². The van der Waals surface area contributed by atoms with Crippen LogP contribution in [-0.2, 0) is 9.53 Å². The van der Waals surface area contributed by atoms with Gasteiger partial charge in [-0.1, -0.05) is 6.42 Å². The molecule has 1 rings (SSSR count). The van der Waals surface area contributed by atoms with Crippen molar-refractivity contribution in [1.82, 2.24) is 9.80 Å². The van der Waals surface area contributed by atoms with Gasteiger partial charge in [-0.2, -0.15) is 8.78 Å². The Labute approximate surface area is 122 Å². The Bertz CT molecular complexity index is 340. The van der Waals surface area contributed by atoms with E-state index in [4.69, 9.17) is 0 Å². The Kier molecular flexibility index (Phi) is 6.86. The first kappa shape index (κ1) is 18.2. The molecule has 0 N–H and O–H groups in total. The zero-order chi connectivity index (χ0) is 16.0. The van der Waals surface area contributed by atoms with Crippen LogP contribution in [0.1, 0.15) is 19.3 Å². The predicted octanol–water partition coefficient (Wildman–Crippen LogP) is 1.85. The summed E-state index contributed by atoms with van der Waals surface area (Å²) < 4.78 is 53.7. The lowest BCUT2D eigenvalue weighted by Crippen LogP contribution is -2.43. The van der Waals surface area contributed by atoms with Gasteiger partial charge >= 0.3 is 12.3 Å². The van der Waals surface area contributed by atoms with Crippen molar-refractivity contribution in [2.45, 2.75) is 37.7 Å². The first-order valence-corrected chi connectivity index (χ1v) is 6.92. The van der Waals surface area contributed by atoms with Gasteiger partial charge in [-0.3, -0.25) is 4.79 Å². The average Bonchev–Trinajstić information content (AvgIpc) is 2.64. The minimum atomic E-state index is -4.22. The smallest absolute Gasteiger partial charge is 0.330 e. The Balaban J connectivity index is 2.43. The van der Waals surface area contributed by atoms with E-state index in [2.05, 4.69) is 4.74 Å². The molecule has 0 aromatic rings. The molecule has 1 saturated heterocycles. The number of nitrogens with zero attached hydrogens (tertiary/aromatic N) is 2. The van der Waals surface area contributed by atoms with Crippen molar-refractivity contribution in [3.05, 3.63) is 0 Å². The van der Waals surface area contributed by atoms with Crippen LogP contribution >= 0.6 is 0 Å². The molecule has 0 aromatic heterocycles. The maximum Gasteiger partial charge on any atom is 0.330 e. The van der Waals surface area contributed by atoms with Gasteiger partial charge < -0.3 is 14.5 Å². The number of amides is 1. The van der Waals surface area contributed by atoms with Gasteiger partial charge in [0, 0.05) is 19.1 Å². The molecule has 0 radical (unpaired) electrons. The van der Waals surface area contributed by atoms with Crippen molar-refractivity contribution in [3.63, 3.8) is 0 Å². The van der Waals surface area contributed by atoms with Crippen molar-refractivity contribution >= 4 is 5.91 Å². The number of carbonyl (C=O) groups is 1.